The number of hydrogen-bond donors (Lipinski definition) is 0. The van der Waals surface area contributed by atoms with E-state index in [4.69, 9.17) is 0 Å². The summed E-state index contributed by atoms with van der Waals surface area (Å²) >= 11 is 0. The van der Waals surface area contributed by atoms with Gasteiger partial charge in [-0.05, 0) is 6.07 Å². The van der Waals surface area contributed by atoms with Crippen molar-refractivity contribution in [3.8, 4) is 5.75 Å². The number of hydrogen-bond acceptors (Lipinski definition) is 8. The molecule has 1 aromatic rings. The Bertz CT molecular complexity index is 532. The van der Waals surface area contributed by atoms with Crippen LogP contribution in [0, 0.1) is 20.2 Å². The molecule has 0 aliphatic carbocycles. The van der Waals surface area contributed by atoms with Crippen LogP contribution in [0.3, 0.4) is 0 Å². The third kappa shape index (κ3) is 6.30. The first-order chi connectivity index (χ1) is 7.72. The van der Waals surface area contributed by atoms with Crippen molar-refractivity contribution in [1.29, 1.82) is 0 Å². The van der Waals surface area contributed by atoms with Gasteiger partial charge in [-0.25, -0.2) is 0 Å². The number of rotatable bonds is 4. The van der Waals surface area contributed by atoms with Gasteiger partial charge in [0.15, 0.2) is 0 Å². The van der Waals surface area contributed by atoms with E-state index in [0.29, 0.717) is 0 Å². The minimum Gasteiger partial charge on any atom is -0.780 e. The number of para-hydroxylation sites is 1. The monoisotopic (exact) mass is 308 g/mol. The molecule has 0 spiro atoms. The molecule has 92 valence electrons. The summed E-state index contributed by atoms with van der Waals surface area (Å²) in [5, 5.41) is 21.0. The minimum absolute atomic E-state index is 0. The van der Waals surface area contributed by atoms with Crippen molar-refractivity contribution in [1.82, 2.24) is 0 Å². The van der Waals surface area contributed by atoms with Crippen LogP contribution in [0.15, 0.2) is 18.2 Å². The molecule has 0 aliphatic heterocycles. The Balaban J connectivity index is 0. The molecule has 13 heteroatoms. The number of nitro benzene ring substituents is 2. The second kappa shape index (κ2) is 8.30. The molecule has 0 bridgehead atoms. The van der Waals surface area contributed by atoms with E-state index >= 15 is 0 Å². The summed E-state index contributed by atoms with van der Waals surface area (Å²) in [5.74, 6) is -0.988. The van der Waals surface area contributed by atoms with Crippen LogP contribution >= 0.6 is 7.82 Å². The molecule has 0 aromatic heterocycles. The molecule has 0 radical (unpaired) electrons. The van der Waals surface area contributed by atoms with E-state index in [-0.39, 0.29) is 59.1 Å². The van der Waals surface area contributed by atoms with Crippen LogP contribution in [0.2, 0.25) is 0 Å². The van der Waals surface area contributed by atoms with Crippen LogP contribution < -0.4 is 73.4 Å². The zero-order valence-corrected chi connectivity index (χ0v) is 14.7. The molecule has 19 heavy (non-hydrogen) atoms. The third-order valence-electron chi connectivity index (χ3n) is 1.57. The molecule has 0 amide bonds. The molecule has 0 heterocycles. The van der Waals surface area contributed by atoms with Crippen LogP contribution in [0.4, 0.5) is 11.4 Å². The van der Waals surface area contributed by atoms with Crippen LogP contribution in [0.25, 0.3) is 0 Å². The first-order valence-electron chi connectivity index (χ1n) is 3.86. The summed E-state index contributed by atoms with van der Waals surface area (Å²) in [6.07, 6.45) is 0. The first kappa shape index (κ1) is 21.3. The molecule has 1 rings (SSSR count). The van der Waals surface area contributed by atoms with Gasteiger partial charge < -0.3 is 18.9 Å². The Morgan fingerprint density at radius 3 is 1.95 bits per heavy atom. The molecule has 0 saturated heterocycles. The first-order valence-corrected chi connectivity index (χ1v) is 5.32. The Morgan fingerprint density at radius 1 is 1.05 bits per heavy atom. The number of phosphoric acid groups is 1. The molecule has 0 fully saturated rings. The van der Waals surface area contributed by atoms with Gasteiger partial charge in [0.25, 0.3) is 0 Å². The fraction of sp³-hybridized carbons (Fsp3) is 0. The Hall–Kier alpha value is -0.0300. The second-order valence-electron chi connectivity index (χ2n) is 2.68. The zero-order valence-electron chi connectivity index (χ0n) is 9.84. The van der Waals surface area contributed by atoms with E-state index in [2.05, 4.69) is 4.52 Å². The Labute approximate surface area is 150 Å². The predicted molar refractivity (Wildman–Crippen MR) is 48.0 cm³/mol. The average Bonchev–Trinajstić information content (AvgIpc) is 2.14. The smallest absolute Gasteiger partial charge is 0.780 e. The summed E-state index contributed by atoms with van der Waals surface area (Å²) in [7, 11) is -5.53. The van der Waals surface area contributed by atoms with E-state index in [9.17, 15) is 34.6 Å². The molecule has 0 atom stereocenters. The van der Waals surface area contributed by atoms with E-state index in [1.165, 1.54) is 0 Å². The third-order valence-corrected chi connectivity index (χ3v) is 1.99. The van der Waals surface area contributed by atoms with Gasteiger partial charge in [0.05, 0.1) is 9.85 Å². The molecule has 0 saturated carbocycles. The number of nitro groups is 2. The van der Waals surface area contributed by atoms with Gasteiger partial charge in [-0.15, -0.1) is 0 Å². The molecular formula is C6H3N2Na2O8P. The van der Waals surface area contributed by atoms with E-state index in [0.717, 1.165) is 18.2 Å². The molecular weight excluding hydrogens is 305 g/mol. The summed E-state index contributed by atoms with van der Waals surface area (Å²) < 4.78 is 14.1. The molecule has 10 nitrogen and oxygen atoms in total. The van der Waals surface area contributed by atoms with Gasteiger partial charge in [-0.2, -0.15) is 0 Å². The molecule has 0 aliphatic rings. The zero-order chi connectivity index (χ0) is 13.2. The van der Waals surface area contributed by atoms with Gasteiger partial charge in [0.2, 0.25) is 5.75 Å². The molecule has 1 aromatic carbocycles. The predicted octanol–water partition coefficient (Wildman–Crippen LogP) is -6.28. The largest absolute Gasteiger partial charge is 1.00 e. The summed E-state index contributed by atoms with van der Waals surface area (Å²) in [6, 6.07) is 2.51. The fourth-order valence-corrected chi connectivity index (χ4v) is 1.42. The minimum atomic E-state index is -5.53. The molecule has 0 unspecified atom stereocenters. The van der Waals surface area contributed by atoms with Crippen molar-refractivity contribution >= 4 is 19.2 Å². The Morgan fingerprint density at radius 2 is 1.58 bits per heavy atom. The van der Waals surface area contributed by atoms with Gasteiger partial charge >= 0.3 is 70.5 Å². The van der Waals surface area contributed by atoms with Gasteiger partial charge in [0, 0.05) is 6.07 Å². The maximum Gasteiger partial charge on any atom is 1.00 e. The van der Waals surface area contributed by atoms with Gasteiger partial charge in [-0.1, -0.05) is 6.07 Å². The van der Waals surface area contributed by atoms with Gasteiger partial charge in [0.1, 0.15) is 7.82 Å². The molecule has 0 N–H and O–H groups in total. The SMILES string of the molecule is O=[N+]([O-])c1cccc(OP(=O)([O-])[O-])c1[N+](=O)[O-].[Na+].[Na+]. The second-order valence-corrected chi connectivity index (χ2v) is 3.75. The van der Waals surface area contributed by atoms with Gasteiger partial charge in [-0.3, -0.25) is 20.2 Å². The van der Waals surface area contributed by atoms with Crippen LogP contribution in [-0.2, 0) is 4.57 Å². The number of nitrogens with zero attached hydrogens (tertiary/aromatic N) is 2. The topological polar surface area (TPSA) is 159 Å². The van der Waals surface area contributed by atoms with Crippen LogP contribution in [-0.4, -0.2) is 9.85 Å². The fourth-order valence-electron chi connectivity index (χ4n) is 1.04. The Kier molecular flexibility index (Phi) is 9.29. The van der Waals surface area contributed by atoms with Crippen molar-refractivity contribution in [2.45, 2.75) is 0 Å². The van der Waals surface area contributed by atoms with Crippen molar-refractivity contribution in [2.75, 3.05) is 0 Å². The van der Waals surface area contributed by atoms with E-state index < -0.39 is 34.8 Å². The summed E-state index contributed by atoms with van der Waals surface area (Å²) in [4.78, 5) is 39.4. The van der Waals surface area contributed by atoms with Crippen molar-refractivity contribution in [2.24, 2.45) is 0 Å². The van der Waals surface area contributed by atoms with Crippen molar-refractivity contribution in [3.05, 3.63) is 38.4 Å². The van der Waals surface area contributed by atoms with E-state index in [1.54, 1.807) is 0 Å². The van der Waals surface area contributed by atoms with Crippen LogP contribution in [0.5, 0.6) is 5.75 Å². The maximum absolute atomic E-state index is 10.6. The standard InChI is InChI=1S/C6H5N2O8P.2Na/c9-7(10)4-2-1-3-5(6(4)8(11)12)16-17(13,14)15;;/h1-3H,(H2,13,14,15);;/q;2*+1/p-2. The van der Waals surface area contributed by atoms with Crippen molar-refractivity contribution in [3.63, 3.8) is 0 Å². The summed E-state index contributed by atoms with van der Waals surface area (Å²) in [5.41, 5.74) is -2.16. The maximum atomic E-state index is 10.6. The number of benzene rings is 1. The number of phosphoric ester groups is 1. The quantitative estimate of drug-likeness (QED) is 0.230. The van der Waals surface area contributed by atoms with E-state index in [1.807, 2.05) is 0 Å². The average molecular weight is 308 g/mol. The normalized spacial score (nSPS) is 9.79. The van der Waals surface area contributed by atoms with Crippen molar-refractivity contribution < 1.29 is 87.8 Å². The summed E-state index contributed by atoms with van der Waals surface area (Å²) in [6.45, 7) is 0. The van der Waals surface area contributed by atoms with Crippen LogP contribution in [0.1, 0.15) is 0 Å².